The van der Waals surface area contributed by atoms with Gasteiger partial charge in [0, 0.05) is 18.3 Å². The van der Waals surface area contributed by atoms with E-state index >= 15 is 0 Å². The van der Waals surface area contributed by atoms with Crippen LogP contribution in [0.3, 0.4) is 0 Å². The minimum absolute atomic E-state index is 0.123. The normalized spacial score (nSPS) is 11.4. The Hall–Kier alpha value is -1.49. The molecule has 20 heavy (non-hydrogen) atoms. The van der Waals surface area contributed by atoms with Gasteiger partial charge in [0.25, 0.3) is 0 Å². The first-order valence-electron chi connectivity index (χ1n) is 6.95. The quantitative estimate of drug-likeness (QED) is 0.805. The van der Waals surface area contributed by atoms with Crippen molar-refractivity contribution in [3.8, 4) is 0 Å². The Labute approximate surface area is 118 Å². The predicted molar refractivity (Wildman–Crippen MR) is 76.3 cm³/mol. The summed E-state index contributed by atoms with van der Waals surface area (Å²) >= 11 is 0. The topological polar surface area (TPSA) is 55.1 Å². The first-order valence-corrected chi connectivity index (χ1v) is 6.95. The van der Waals surface area contributed by atoms with Crippen molar-refractivity contribution < 1.29 is 13.6 Å². The zero-order chi connectivity index (χ0) is 15.2. The SMILES string of the molecule is CCCC(CN)(CCC)C(=O)Nc1cc(F)cc(F)c1. The number of carbonyl (C=O) groups is 1. The Balaban J connectivity index is 2.95. The third kappa shape index (κ3) is 4.00. The maximum Gasteiger partial charge on any atom is 0.231 e. The number of hydrogen-bond donors (Lipinski definition) is 2. The average molecular weight is 284 g/mol. The molecule has 0 aliphatic rings. The highest BCUT2D eigenvalue weighted by atomic mass is 19.1. The van der Waals surface area contributed by atoms with Crippen molar-refractivity contribution in [2.24, 2.45) is 11.1 Å². The van der Waals surface area contributed by atoms with Gasteiger partial charge in [0.2, 0.25) is 5.91 Å². The zero-order valence-electron chi connectivity index (χ0n) is 12.0. The Kier molecular flexibility index (Phi) is 6.07. The maximum atomic E-state index is 13.1. The van der Waals surface area contributed by atoms with E-state index in [0.29, 0.717) is 12.8 Å². The fourth-order valence-electron chi connectivity index (χ4n) is 2.50. The number of carbonyl (C=O) groups excluding carboxylic acids is 1. The third-order valence-electron chi connectivity index (χ3n) is 3.45. The molecule has 1 rings (SSSR count). The van der Waals surface area contributed by atoms with E-state index in [1.807, 2.05) is 13.8 Å². The maximum absolute atomic E-state index is 13.1. The highest BCUT2D eigenvalue weighted by molar-refractivity contribution is 5.95. The molecule has 112 valence electrons. The van der Waals surface area contributed by atoms with Crippen LogP contribution in [0.4, 0.5) is 14.5 Å². The highest BCUT2D eigenvalue weighted by Crippen LogP contribution is 2.30. The molecule has 1 amide bonds. The number of nitrogens with two attached hydrogens (primary N) is 1. The molecule has 1 aromatic carbocycles. The van der Waals surface area contributed by atoms with Gasteiger partial charge in [-0.2, -0.15) is 0 Å². The summed E-state index contributed by atoms with van der Waals surface area (Å²) in [6, 6.07) is 2.96. The van der Waals surface area contributed by atoms with Crippen LogP contribution in [0.25, 0.3) is 0 Å². The van der Waals surface area contributed by atoms with Crippen molar-refractivity contribution in [3.63, 3.8) is 0 Å². The molecule has 0 aliphatic carbocycles. The summed E-state index contributed by atoms with van der Waals surface area (Å²) in [4.78, 5) is 12.4. The molecule has 0 spiro atoms. The largest absolute Gasteiger partial charge is 0.329 e. The molecule has 0 atom stereocenters. The van der Waals surface area contributed by atoms with Crippen molar-refractivity contribution in [1.82, 2.24) is 0 Å². The lowest BCUT2D eigenvalue weighted by atomic mass is 9.78. The molecular formula is C15H22F2N2O. The van der Waals surface area contributed by atoms with Gasteiger partial charge < -0.3 is 11.1 Å². The molecule has 3 nitrogen and oxygen atoms in total. The van der Waals surface area contributed by atoms with Gasteiger partial charge in [-0.1, -0.05) is 26.7 Å². The van der Waals surface area contributed by atoms with Crippen LogP contribution in [-0.4, -0.2) is 12.5 Å². The molecule has 0 aliphatic heterocycles. The zero-order valence-corrected chi connectivity index (χ0v) is 12.0. The Morgan fingerprint density at radius 3 is 2.05 bits per heavy atom. The molecule has 0 heterocycles. The van der Waals surface area contributed by atoms with Gasteiger partial charge >= 0.3 is 0 Å². The summed E-state index contributed by atoms with van der Waals surface area (Å²) in [6.07, 6.45) is 2.95. The third-order valence-corrected chi connectivity index (χ3v) is 3.45. The van der Waals surface area contributed by atoms with Crippen LogP contribution < -0.4 is 11.1 Å². The van der Waals surface area contributed by atoms with Crippen LogP contribution in [0, 0.1) is 17.0 Å². The van der Waals surface area contributed by atoms with E-state index < -0.39 is 17.0 Å². The minimum Gasteiger partial charge on any atom is -0.329 e. The molecule has 0 aromatic heterocycles. The second-order valence-corrected chi connectivity index (χ2v) is 5.10. The van der Waals surface area contributed by atoms with Gasteiger partial charge in [0.15, 0.2) is 0 Å². The van der Waals surface area contributed by atoms with Gasteiger partial charge in [-0.25, -0.2) is 8.78 Å². The van der Waals surface area contributed by atoms with Gasteiger partial charge in [0.05, 0.1) is 5.41 Å². The van der Waals surface area contributed by atoms with E-state index in [0.717, 1.165) is 31.0 Å². The summed E-state index contributed by atoms with van der Waals surface area (Å²) < 4.78 is 26.3. The van der Waals surface area contributed by atoms with Crippen LogP contribution in [0.5, 0.6) is 0 Å². The number of benzene rings is 1. The summed E-state index contributed by atoms with van der Waals surface area (Å²) in [5.41, 5.74) is 5.23. The van der Waals surface area contributed by atoms with Crippen LogP contribution in [0.1, 0.15) is 39.5 Å². The first kappa shape index (κ1) is 16.6. The smallest absolute Gasteiger partial charge is 0.231 e. The lowest BCUT2D eigenvalue weighted by Crippen LogP contribution is -2.42. The average Bonchev–Trinajstić information content (AvgIpc) is 2.36. The summed E-state index contributed by atoms with van der Waals surface area (Å²) in [6.45, 7) is 4.18. The molecule has 0 unspecified atom stereocenters. The molecule has 0 bridgehead atoms. The molecule has 1 aromatic rings. The molecule has 3 N–H and O–H groups in total. The Morgan fingerprint density at radius 1 is 1.15 bits per heavy atom. The Bertz CT molecular complexity index is 437. The molecule has 5 heteroatoms. The van der Waals surface area contributed by atoms with E-state index in [9.17, 15) is 13.6 Å². The van der Waals surface area contributed by atoms with Crippen LogP contribution in [0.2, 0.25) is 0 Å². The van der Waals surface area contributed by atoms with Crippen LogP contribution in [0.15, 0.2) is 18.2 Å². The molecule has 0 saturated heterocycles. The number of halogens is 2. The second kappa shape index (κ2) is 7.33. The number of anilines is 1. The van der Waals surface area contributed by atoms with Crippen molar-refractivity contribution in [1.29, 1.82) is 0 Å². The van der Waals surface area contributed by atoms with E-state index in [4.69, 9.17) is 5.73 Å². The van der Waals surface area contributed by atoms with Gasteiger partial charge in [-0.15, -0.1) is 0 Å². The monoisotopic (exact) mass is 284 g/mol. The fourth-order valence-corrected chi connectivity index (χ4v) is 2.50. The molecule has 0 fully saturated rings. The minimum atomic E-state index is -0.718. The van der Waals surface area contributed by atoms with Crippen molar-refractivity contribution >= 4 is 11.6 Å². The van der Waals surface area contributed by atoms with Crippen LogP contribution >= 0.6 is 0 Å². The van der Waals surface area contributed by atoms with E-state index in [2.05, 4.69) is 5.32 Å². The Morgan fingerprint density at radius 2 is 1.65 bits per heavy atom. The standard InChI is InChI=1S/C15H22F2N2O/c1-3-5-15(10-18,6-4-2)14(20)19-13-8-11(16)7-12(17)9-13/h7-9H,3-6,10,18H2,1-2H3,(H,19,20). The van der Waals surface area contributed by atoms with Gasteiger partial charge in [0.1, 0.15) is 11.6 Å². The second-order valence-electron chi connectivity index (χ2n) is 5.10. The van der Waals surface area contributed by atoms with E-state index in [1.54, 1.807) is 0 Å². The van der Waals surface area contributed by atoms with Crippen molar-refractivity contribution in [2.75, 3.05) is 11.9 Å². The lowest BCUT2D eigenvalue weighted by Gasteiger charge is -2.30. The van der Waals surface area contributed by atoms with E-state index in [-0.39, 0.29) is 18.1 Å². The fraction of sp³-hybridized carbons (Fsp3) is 0.533. The summed E-state index contributed by atoms with van der Waals surface area (Å²) in [5.74, 6) is -1.71. The summed E-state index contributed by atoms with van der Waals surface area (Å²) in [7, 11) is 0. The highest BCUT2D eigenvalue weighted by Gasteiger charge is 2.35. The molecule has 0 radical (unpaired) electrons. The lowest BCUT2D eigenvalue weighted by molar-refractivity contribution is -0.126. The van der Waals surface area contributed by atoms with Crippen LogP contribution in [-0.2, 0) is 4.79 Å². The molecule has 0 saturated carbocycles. The number of amides is 1. The molecular weight excluding hydrogens is 262 g/mol. The summed E-state index contributed by atoms with van der Waals surface area (Å²) in [5, 5.41) is 2.59. The van der Waals surface area contributed by atoms with Gasteiger partial charge in [-0.3, -0.25) is 4.79 Å². The number of hydrogen-bond acceptors (Lipinski definition) is 2. The van der Waals surface area contributed by atoms with E-state index in [1.165, 1.54) is 0 Å². The van der Waals surface area contributed by atoms with Gasteiger partial charge in [-0.05, 0) is 25.0 Å². The number of nitrogens with one attached hydrogen (secondary N) is 1. The number of rotatable bonds is 7. The first-order chi connectivity index (χ1) is 9.47. The predicted octanol–water partition coefficient (Wildman–Crippen LogP) is 3.45. The van der Waals surface area contributed by atoms with Crippen molar-refractivity contribution in [2.45, 2.75) is 39.5 Å². The van der Waals surface area contributed by atoms with Crippen molar-refractivity contribution in [3.05, 3.63) is 29.8 Å².